The highest BCUT2D eigenvalue weighted by Crippen LogP contribution is 2.28. The van der Waals surface area contributed by atoms with Gasteiger partial charge in [-0.3, -0.25) is 0 Å². The van der Waals surface area contributed by atoms with Crippen molar-refractivity contribution in [1.29, 1.82) is 0 Å². The minimum Gasteiger partial charge on any atom is -0.474 e. The number of benzene rings is 1. The molecule has 0 spiro atoms. The molecule has 0 saturated carbocycles. The van der Waals surface area contributed by atoms with Crippen LogP contribution in [0.15, 0.2) is 36.4 Å². The quantitative estimate of drug-likeness (QED) is 0.609. The Morgan fingerprint density at radius 3 is 2.57 bits per heavy atom. The third kappa shape index (κ3) is 5.85. The van der Waals surface area contributed by atoms with Gasteiger partial charge in [0, 0.05) is 42.9 Å². The number of pyridine rings is 1. The van der Waals surface area contributed by atoms with Crippen LogP contribution in [0.25, 0.3) is 0 Å². The maximum atomic E-state index is 14.3. The van der Waals surface area contributed by atoms with Gasteiger partial charge >= 0.3 is 6.09 Å². The molecule has 1 saturated heterocycles. The number of nitrogens with zero attached hydrogens (tertiary/aromatic N) is 2. The number of halogens is 2. The van der Waals surface area contributed by atoms with Gasteiger partial charge in [0.05, 0.1) is 5.69 Å². The lowest BCUT2D eigenvalue weighted by Crippen LogP contribution is -2.44. The van der Waals surface area contributed by atoms with E-state index in [1.165, 1.54) is 6.07 Å². The average molecular weight is 435 g/mol. The fourth-order valence-corrected chi connectivity index (χ4v) is 3.56. The molecule has 1 aromatic carbocycles. The average Bonchev–Trinajstić information content (AvgIpc) is 2.67. The first-order valence-electron chi connectivity index (χ1n) is 10.2. The van der Waals surface area contributed by atoms with Crippen LogP contribution >= 0.6 is 11.6 Å². The summed E-state index contributed by atoms with van der Waals surface area (Å²) >= 11 is 5.85. The molecule has 0 N–H and O–H groups in total. The molecule has 1 atom stereocenters. The molecule has 0 aliphatic carbocycles. The summed E-state index contributed by atoms with van der Waals surface area (Å²) in [5, 5.41) is 0.367. The SMILES string of the molecule is CC(c1cccc(OC2CCN(C(=O)OC(C)(C)C)CC2)n1)c1ccc(Cl)cc1F. The van der Waals surface area contributed by atoms with Gasteiger partial charge in [-0.2, -0.15) is 0 Å². The number of carbonyl (C=O) groups is 1. The van der Waals surface area contributed by atoms with Gasteiger partial charge in [-0.05, 0) is 44.5 Å². The number of ether oxygens (including phenoxy) is 2. The molecule has 1 fully saturated rings. The highest BCUT2D eigenvalue weighted by Gasteiger charge is 2.28. The van der Waals surface area contributed by atoms with Crippen molar-refractivity contribution in [3.8, 4) is 5.88 Å². The second kappa shape index (κ2) is 9.21. The predicted molar refractivity (Wildman–Crippen MR) is 115 cm³/mol. The Morgan fingerprint density at radius 1 is 1.23 bits per heavy atom. The summed E-state index contributed by atoms with van der Waals surface area (Å²) in [4.78, 5) is 18.5. The second-order valence-electron chi connectivity index (χ2n) is 8.57. The topological polar surface area (TPSA) is 51.7 Å². The van der Waals surface area contributed by atoms with Crippen LogP contribution in [0.4, 0.5) is 9.18 Å². The van der Waals surface area contributed by atoms with Crippen LogP contribution in [0, 0.1) is 5.82 Å². The molecule has 3 rings (SSSR count). The number of piperidine rings is 1. The van der Waals surface area contributed by atoms with E-state index in [1.807, 2.05) is 39.8 Å². The van der Waals surface area contributed by atoms with Crippen molar-refractivity contribution < 1.29 is 18.7 Å². The standard InChI is InChI=1S/C23H28ClFN2O3/c1-15(18-9-8-16(24)14-19(18)25)20-6-5-7-21(26-20)29-17-10-12-27(13-11-17)22(28)30-23(2,3)4/h5-9,14-15,17H,10-13H2,1-4H3. The van der Waals surface area contributed by atoms with Crippen LogP contribution in [0.5, 0.6) is 5.88 Å². The lowest BCUT2D eigenvalue weighted by Gasteiger charge is -2.33. The number of hydrogen-bond donors (Lipinski definition) is 0. The van der Waals surface area contributed by atoms with Gasteiger partial charge in [-0.15, -0.1) is 0 Å². The first kappa shape index (κ1) is 22.3. The smallest absolute Gasteiger partial charge is 0.410 e. The molecule has 1 aliphatic rings. The molecule has 1 amide bonds. The van der Waals surface area contributed by atoms with Crippen LogP contribution in [0.3, 0.4) is 0 Å². The summed E-state index contributed by atoms with van der Waals surface area (Å²) in [5.74, 6) is -0.0816. The Kier molecular flexibility index (Phi) is 6.86. The van der Waals surface area contributed by atoms with Crippen molar-refractivity contribution in [3.05, 3.63) is 58.5 Å². The molecular weight excluding hydrogens is 407 g/mol. The summed E-state index contributed by atoms with van der Waals surface area (Å²) in [6.45, 7) is 8.62. The van der Waals surface area contributed by atoms with Crippen molar-refractivity contribution in [2.24, 2.45) is 0 Å². The van der Waals surface area contributed by atoms with Gasteiger partial charge in [-0.25, -0.2) is 14.2 Å². The lowest BCUT2D eigenvalue weighted by atomic mass is 9.97. The largest absolute Gasteiger partial charge is 0.474 e. The van der Waals surface area contributed by atoms with E-state index in [9.17, 15) is 9.18 Å². The fourth-order valence-electron chi connectivity index (χ4n) is 3.40. The van der Waals surface area contributed by atoms with Gasteiger partial charge in [0.1, 0.15) is 17.5 Å². The Hall–Kier alpha value is -2.34. The van der Waals surface area contributed by atoms with E-state index in [4.69, 9.17) is 21.1 Å². The van der Waals surface area contributed by atoms with Crippen molar-refractivity contribution in [2.45, 2.75) is 58.2 Å². The number of aromatic nitrogens is 1. The van der Waals surface area contributed by atoms with Gasteiger partial charge in [-0.1, -0.05) is 30.7 Å². The van der Waals surface area contributed by atoms with Crippen LogP contribution in [-0.4, -0.2) is 40.8 Å². The highest BCUT2D eigenvalue weighted by atomic mass is 35.5. The van der Waals surface area contributed by atoms with Crippen molar-refractivity contribution >= 4 is 17.7 Å². The normalized spacial score (nSPS) is 16.3. The molecule has 30 heavy (non-hydrogen) atoms. The van der Waals surface area contributed by atoms with Crippen LogP contribution in [0.2, 0.25) is 5.02 Å². The molecule has 1 aromatic heterocycles. The molecule has 5 nitrogen and oxygen atoms in total. The highest BCUT2D eigenvalue weighted by molar-refractivity contribution is 6.30. The zero-order chi connectivity index (χ0) is 21.9. The molecule has 0 bridgehead atoms. The Morgan fingerprint density at radius 2 is 1.93 bits per heavy atom. The maximum absolute atomic E-state index is 14.3. The minimum atomic E-state index is -0.505. The van der Waals surface area contributed by atoms with Crippen molar-refractivity contribution in [3.63, 3.8) is 0 Å². The van der Waals surface area contributed by atoms with Crippen LogP contribution in [-0.2, 0) is 4.74 Å². The van der Waals surface area contributed by atoms with E-state index in [1.54, 1.807) is 23.1 Å². The van der Waals surface area contributed by atoms with Crippen molar-refractivity contribution in [1.82, 2.24) is 9.88 Å². The molecule has 1 unspecified atom stereocenters. The molecule has 2 heterocycles. The third-order valence-electron chi connectivity index (χ3n) is 5.00. The number of rotatable bonds is 4. The van der Waals surface area contributed by atoms with E-state index < -0.39 is 5.60 Å². The lowest BCUT2D eigenvalue weighted by molar-refractivity contribution is 0.0123. The van der Waals surface area contributed by atoms with Crippen LogP contribution in [0.1, 0.15) is 57.7 Å². The first-order valence-corrected chi connectivity index (χ1v) is 10.6. The second-order valence-corrected chi connectivity index (χ2v) is 9.01. The zero-order valence-corrected chi connectivity index (χ0v) is 18.6. The van der Waals surface area contributed by atoms with E-state index in [-0.39, 0.29) is 23.9 Å². The summed E-state index contributed by atoms with van der Waals surface area (Å²) in [7, 11) is 0. The summed E-state index contributed by atoms with van der Waals surface area (Å²) in [6.07, 6.45) is 1.08. The summed E-state index contributed by atoms with van der Waals surface area (Å²) < 4.78 is 25.8. The Labute approximate surface area is 182 Å². The molecule has 7 heteroatoms. The van der Waals surface area contributed by atoms with E-state index in [2.05, 4.69) is 4.98 Å². The van der Waals surface area contributed by atoms with Gasteiger partial charge < -0.3 is 14.4 Å². The third-order valence-corrected chi connectivity index (χ3v) is 5.23. The summed E-state index contributed by atoms with van der Waals surface area (Å²) in [5.41, 5.74) is 0.754. The molecule has 2 aromatic rings. The molecular formula is C23H28ClFN2O3. The monoisotopic (exact) mass is 434 g/mol. The fraction of sp³-hybridized carbons (Fsp3) is 0.478. The number of likely N-dealkylation sites (tertiary alicyclic amines) is 1. The number of amides is 1. The van der Waals surface area contributed by atoms with Crippen molar-refractivity contribution in [2.75, 3.05) is 13.1 Å². The molecule has 0 radical (unpaired) electrons. The Bertz CT molecular complexity index is 892. The van der Waals surface area contributed by atoms with Gasteiger partial charge in [0.15, 0.2) is 0 Å². The molecule has 162 valence electrons. The van der Waals surface area contributed by atoms with E-state index in [0.29, 0.717) is 42.4 Å². The molecule has 1 aliphatic heterocycles. The van der Waals surface area contributed by atoms with Gasteiger partial charge in [0.25, 0.3) is 0 Å². The van der Waals surface area contributed by atoms with E-state index >= 15 is 0 Å². The Balaban J connectivity index is 1.60. The van der Waals surface area contributed by atoms with Gasteiger partial charge in [0.2, 0.25) is 5.88 Å². The predicted octanol–water partition coefficient (Wildman–Crippen LogP) is 5.80. The first-order chi connectivity index (χ1) is 14.1. The minimum absolute atomic E-state index is 0.0333. The number of hydrogen-bond acceptors (Lipinski definition) is 4. The maximum Gasteiger partial charge on any atom is 0.410 e. The summed E-state index contributed by atoms with van der Waals surface area (Å²) in [6, 6.07) is 10.2. The van der Waals surface area contributed by atoms with Crippen LogP contribution < -0.4 is 4.74 Å². The number of carbonyl (C=O) groups excluding carboxylic acids is 1. The zero-order valence-electron chi connectivity index (χ0n) is 17.8. The van der Waals surface area contributed by atoms with E-state index in [0.717, 1.165) is 5.69 Å².